The summed E-state index contributed by atoms with van der Waals surface area (Å²) in [5.41, 5.74) is 2.42. The molecular weight excluding hydrogens is 266 g/mol. The van der Waals surface area contributed by atoms with Gasteiger partial charge in [0.2, 0.25) is 0 Å². The summed E-state index contributed by atoms with van der Waals surface area (Å²) in [7, 11) is 0. The SMILES string of the molecule is N#Cc1c(CN2CCCCC2C(=O)O)cn2ccccc12. The molecule has 0 radical (unpaired) electrons. The largest absolute Gasteiger partial charge is 0.480 e. The molecule has 0 amide bonds. The van der Waals surface area contributed by atoms with Gasteiger partial charge in [0.05, 0.1) is 11.1 Å². The third-order valence-electron chi connectivity index (χ3n) is 4.15. The van der Waals surface area contributed by atoms with Crippen molar-refractivity contribution in [3.05, 3.63) is 41.7 Å². The van der Waals surface area contributed by atoms with Crippen molar-refractivity contribution < 1.29 is 9.90 Å². The number of pyridine rings is 1. The van der Waals surface area contributed by atoms with E-state index in [0.29, 0.717) is 18.5 Å². The fraction of sp³-hybridized carbons (Fsp3) is 0.375. The molecule has 21 heavy (non-hydrogen) atoms. The molecule has 1 aliphatic rings. The Morgan fingerprint density at radius 2 is 2.29 bits per heavy atom. The number of rotatable bonds is 3. The molecule has 0 aromatic carbocycles. The van der Waals surface area contributed by atoms with Crippen molar-refractivity contribution in [1.29, 1.82) is 5.26 Å². The number of carboxylic acid groups (broad SMARTS) is 1. The van der Waals surface area contributed by atoms with E-state index in [1.807, 2.05) is 39.9 Å². The fourth-order valence-electron chi connectivity index (χ4n) is 3.11. The van der Waals surface area contributed by atoms with Gasteiger partial charge in [0.25, 0.3) is 0 Å². The van der Waals surface area contributed by atoms with E-state index in [-0.39, 0.29) is 0 Å². The first-order valence-electron chi connectivity index (χ1n) is 7.16. The highest BCUT2D eigenvalue weighted by Gasteiger charge is 2.29. The number of carboxylic acids is 1. The summed E-state index contributed by atoms with van der Waals surface area (Å²) in [6.45, 7) is 1.29. The van der Waals surface area contributed by atoms with Crippen LogP contribution in [0.4, 0.5) is 0 Å². The van der Waals surface area contributed by atoms with Gasteiger partial charge < -0.3 is 9.51 Å². The van der Waals surface area contributed by atoms with E-state index < -0.39 is 12.0 Å². The predicted octanol–water partition coefficient (Wildman–Crippen LogP) is 2.25. The lowest BCUT2D eigenvalue weighted by molar-refractivity contribution is -0.144. The fourth-order valence-corrected chi connectivity index (χ4v) is 3.11. The molecule has 5 nitrogen and oxygen atoms in total. The molecule has 3 rings (SSSR count). The second-order valence-corrected chi connectivity index (χ2v) is 5.45. The first-order chi connectivity index (χ1) is 10.2. The molecule has 0 spiro atoms. The van der Waals surface area contributed by atoms with Crippen LogP contribution in [0, 0.1) is 11.3 Å². The van der Waals surface area contributed by atoms with Crippen LogP contribution in [0.2, 0.25) is 0 Å². The Labute approximate surface area is 123 Å². The number of nitrogens with zero attached hydrogens (tertiary/aromatic N) is 3. The molecule has 108 valence electrons. The molecule has 1 N–H and O–H groups in total. The van der Waals surface area contributed by atoms with E-state index in [2.05, 4.69) is 6.07 Å². The predicted molar refractivity (Wildman–Crippen MR) is 77.8 cm³/mol. The Bertz CT molecular complexity index is 714. The van der Waals surface area contributed by atoms with Crippen LogP contribution in [0.25, 0.3) is 5.52 Å². The number of likely N-dealkylation sites (tertiary alicyclic amines) is 1. The van der Waals surface area contributed by atoms with Crippen molar-refractivity contribution in [1.82, 2.24) is 9.30 Å². The highest BCUT2D eigenvalue weighted by Crippen LogP contribution is 2.24. The molecule has 1 aliphatic heterocycles. The lowest BCUT2D eigenvalue weighted by atomic mass is 10.0. The van der Waals surface area contributed by atoms with Crippen LogP contribution in [-0.4, -0.2) is 33.0 Å². The molecule has 3 heterocycles. The topological polar surface area (TPSA) is 68.7 Å². The van der Waals surface area contributed by atoms with E-state index in [9.17, 15) is 15.2 Å². The summed E-state index contributed by atoms with van der Waals surface area (Å²) in [4.78, 5) is 13.3. The minimum absolute atomic E-state index is 0.437. The van der Waals surface area contributed by atoms with Crippen LogP contribution in [0.1, 0.15) is 30.4 Å². The number of nitriles is 1. The lowest BCUT2D eigenvalue weighted by Gasteiger charge is -2.32. The molecule has 1 saturated heterocycles. The molecule has 2 aromatic heterocycles. The molecule has 5 heteroatoms. The maximum absolute atomic E-state index is 11.4. The Morgan fingerprint density at radius 3 is 3.05 bits per heavy atom. The van der Waals surface area contributed by atoms with Gasteiger partial charge in [-0.1, -0.05) is 12.5 Å². The average Bonchev–Trinajstić information content (AvgIpc) is 2.84. The van der Waals surface area contributed by atoms with E-state index >= 15 is 0 Å². The van der Waals surface area contributed by atoms with Gasteiger partial charge in [-0.15, -0.1) is 0 Å². The van der Waals surface area contributed by atoms with E-state index in [0.717, 1.165) is 30.5 Å². The lowest BCUT2D eigenvalue weighted by Crippen LogP contribution is -2.44. The Hall–Kier alpha value is -2.32. The first-order valence-corrected chi connectivity index (χ1v) is 7.16. The van der Waals surface area contributed by atoms with Gasteiger partial charge >= 0.3 is 5.97 Å². The van der Waals surface area contributed by atoms with E-state index in [4.69, 9.17) is 0 Å². The van der Waals surface area contributed by atoms with Crippen LogP contribution in [0.3, 0.4) is 0 Å². The van der Waals surface area contributed by atoms with Crippen molar-refractivity contribution in [2.45, 2.75) is 31.8 Å². The number of aromatic nitrogens is 1. The quantitative estimate of drug-likeness (QED) is 0.938. The normalized spacial score (nSPS) is 19.5. The molecule has 0 saturated carbocycles. The highest BCUT2D eigenvalue weighted by atomic mass is 16.4. The maximum atomic E-state index is 11.4. The third-order valence-corrected chi connectivity index (χ3v) is 4.15. The summed E-state index contributed by atoms with van der Waals surface area (Å²) in [5.74, 6) is -0.767. The van der Waals surface area contributed by atoms with Gasteiger partial charge in [0.15, 0.2) is 0 Å². The summed E-state index contributed by atoms with van der Waals surface area (Å²) in [6, 6.07) is 7.55. The van der Waals surface area contributed by atoms with Gasteiger partial charge in [0.1, 0.15) is 12.1 Å². The maximum Gasteiger partial charge on any atom is 0.320 e. The van der Waals surface area contributed by atoms with Crippen LogP contribution in [0.5, 0.6) is 0 Å². The van der Waals surface area contributed by atoms with Gasteiger partial charge in [-0.2, -0.15) is 5.26 Å². The Kier molecular flexibility index (Phi) is 3.63. The van der Waals surface area contributed by atoms with E-state index in [1.54, 1.807) is 0 Å². The van der Waals surface area contributed by atoms with Crippen LogP contribution >= 0.6 is 0 Å². The summed E-state index contributed by atoms with van der Waals surface area (Å²) >= 11 is 0. The summed E-state index contributed by atoms with van der Waals surface area (Å²) < 4.78 is 1.92. The minimum Gasteiger partial charge on any atom is -0.480 e. The Balaban J connectivity index is 1.94. The second-order valence-electron chi connectivity index (χ2n) is 5.45. The van der Waals surface area contributed by atoms with Crippen molar-refractivity contribution >= 4 is 11.5 Å². The zero-order valence-corrected chi connectivity index (χ0v) is 11.7. The third kappa shape index (κ3) is 2.50. The molecule has 0 aliphatic carbocycles. The monoisotopic (exact) mass is 283 g/mol. The van der Waals surface area contributed by atoms with Crippen molar-refractivity contribution in [2.24, 2.45) is 0 Å². The van der Waals surface area contributed by atoms with Gasteiger partial charge in [-0.3, -0.25) is 9.69 Å². The van der Waals surface area contributed by atoms with Crippen LogP contribution in [0.15, 0.2) is 30.6 Å². The van der Waals surface area contributed by atoms with Crippen molar-refractivity contribution in [2.75, 3.05) is 6.54 Å². The first kappa shape index (κ1) is 13.7. The second kappa shape index (κ2) is 5.58. The van der Waals surface area contributed by atoms with Crippen molar-refractivity contribution in [3.63, 3.8) is 0 Å². The van der Waals surface area contributed by atoms with Gasteiger partial charge in [0, 0.05) is 24.5 Å². The molecule has 1 atom stereocenters. The number of aliphatic carboxylic acids is 1. The standard InChI is InChI=1S/C16H17N3O2/c17-9-13-12(10-18-7-3-1-5-14(13)18)11-19-8-4-2-6-15(19)16(20)21/h1,3,5,7,10,15H,2,4,6,8,11H2,(H,20,21). The summed E-state index contributed by atoms with van der Waals surface area (Å²) in [6.07, 6.45) is 6.49. The molecule has 1 fully saturated rings. The zero-order valence-electron chi connectivity index (χ0n) is 11.7. The molecule has 0 bridgehead atoms. The number of hydrogen-bond acceptors (Lipinski definition) is 3. The Morgan fingerprint density at radius 1 is 1.43 bits per heavy atom. The van der Waals surface area contributed by atoms with Gasteiger partial charge in [-0.25, -0.2) is 0 Å². The van der Waals surface area contributed by atoms with Crippen LogP contribution in [-0.2, 0) is 11.3 Å². The number of hydrogen-bond donors (Lipinski definition) is 1. The molecule has 2 aromatic rings. The molecular formula is C16H17N3O2. The van der Waals surface area contributed by atoms with E-state index in [1.165, 1.54) is 0 Å². The number of piperidine rings is 1. The zero-order chi connectivity index (χ0) is 14.8. The molecule has 1 unspecified atom stereocenters. The minimum atomic E-state index is -0.767. The van der Waals surface area contributed by atoms with Gasteiger partial charge in [-0.05, 0) is 31.5 Å². The summed E-state index contributed by atoms with van der Waals surface area (Å²) in [5, 5.41) is 18.8. The average molecular weight is 283 g/mol. The number of fused-ring (bicyclic) bond motifs is 1. The van der Waals surface area contributed by atoms with Crippen LogP contribution < -0.4 is 0 Å². The number of carbonyl (C=O) groups is 1. The smallest absolute Gasteiger partial charge is 0.320 e. The van der Waals surface area contributed by atoms with Crippen molar-refractivity contribution in [3.8, 4) is 6.07 Å². The highest BCUT2D eigenvalue weighted by molar-refractivity contribution is 5.73.